The van der Waals surface area contributed by atoms with Gasteiger partial charge in [0.05, 0.1) is 22.9 Å². The molecule has 0 spiro atoms. The highest BCUT2D eigenvalue weighted by molar-refractivity contribution is 5.97. The van der Waals surface area contributed by atoms with Gasteiger partial charge in [-0.25, -0.2) is 0 Å². The number of hydrogen-bond donors (Lipinski definition) is 1. The van der Waals surface area contributed by atoms with Crippen LogP contribution in [-0.4, -0.2) is 40.3 Å². The van der Waals surface area contributed by atoms with Gasteiger partial charge < -0.3 is 19.3 Å². The number of rotatable bonds is 4. The van der Waals surface area contributed by atoms with E-state index in [4.69, 9.17) is 9.26 Å². The zero-order valence-electron chi connectivity index (χ0n) is 14.0. The number of hydrogen-bond acceptors (Lipinski definition) is 5. The Morgan fingerprint density at radius 2 is 2.04 bits per heavy atom. The van der Waals surface area contributed by atoms with Crippen molar-refractivity contribution >= 4 is 5.91 Å². The number of aliphatic hydroxyl groups is 1. The Morgan fingerprint density at radius 3 is 2.71 bits per heavy atom. The van der Waals surface area contributed by atoms with E-state index in [1.807, 2.05) is 26.0 Å². The van der Waals surface area contributed by atoms with Crippen molar-refractivity contribution in [2.75, 3.05) is 13.1 Å². The zero-order valence-corrected chi connectivity index (χ0v) is 14.0. The number of benzene rings is 1. The average molecular weight is 330 g/mol. The van der Waals surface area contributed by atoms with E-state index in [9.17, 15) is 9.90 Å². The standard InChI is InChI=1S/C18H22N2O4/c1-12-16(13(2)24-19-12)11-23-17-6-4-3-5-15(17)18(22)20-9-7-14(21)8-10-20/h3-6,14,21H,7-11H2,1-2H3. The van der Waals surface area contributed by atoms with Crippen molar-refractivity contribution in [3.8, 4) is 5.75 Å². The van der Waals surface area contributed by atoms with E-state index in [-0.39, 0.29) is 12.0 Å². The number of carbonyl (C=O) groups is 1. The van der Waals surface area contributed by atoms with Gasteiger partial charge in [0.1, 0.15) is 18.1 Å². The van der Waals surface area contributed by atoms with Gasteiger partial charge >= 0.3 is 0 Å². The third-order valence-electron chi connectivity index (χ3n) is 4.42. The van der Waals surface area contributed by atoms with Gasteiger partial charge in [0.25, 0.3) is 5.91 Å². The van der Waals surface area contributed by atoms with Crippen LogP contribution in [0.5, 0.6) is 5.75 Å². The van der Waals surface area contributed by atoms with Crippen LogP contribution in [-0.2, 0) is 6.61 Å². The lowest BCUT2D eigenvalue weighted by atomic mass is 10.1. The van der Waals surface area contributed by atoms with Crippen LogP contribution < -0.4 is 4.74 Å². The third kappa shape index (κ3) is 3.43. The molecule has 1 aromatic carbocycles. The van der Waals surface area contributed by atoms with E-state index in [1.54, 1.807) is 17.0 Å². The van der Waals surface area contributed by atoms with E-state index in [1.165, 1.54) is 0 Å². The number of para-hydroxylation sites is 1. The van der Waals surface area contributed by atoms with Gasteiger partial charge in [-0.15, -0.1) is 0 Å². The minimum atomic E-state index is -0.305. The Morgan fingerprint density at radius 1 is 1.33 bits per heavy atom. The minimum absolute atomic E-state index is 0.0590. The number of ether oxygens (including phenoxy) is 1. The number of nitrogens with zero attached hydrogens (tertiary/aromatic N) is 2. The van der Waals surface area contributed by atoms with Crippen LogP contribution in [0, 0.1) is 13.8 Å². The number of aliphatic hydroxyl groups excluding tert-OH is 1. The smallest absolute Gasteiger partial charge is 0.257 e. The van der Waals surface area contributed by atoms with Crippen LogP contribution in [0.25, 0.3) is 0 Å². The van der Waals surface area contributed by atoms with Gasteiger partial charge in [-0.3, -0.25) is 4.79 Å². The quantitative estimate of drug-likeness (QED) is 0.932. The number of amides is 1. The maximum atomic E-state index is 12.8. The largest absolute Gasteiger partial charge is 0.488 e. The Kier molecular flexibility index (Phi) is 4.85. The molecule has 6 nitrogen and oxygen atoms in total. The predicted molar refractivity (Wildman–Crippen MR) is 87.9 cm³/mol. The molecule has 128 valence electrons. The molecule has 1 aliphatic heterocycles. The Balaban J connectivity index is 1.74. The number of carbonyl (C=O) groups excluding carboxylic acids is 1. The van der Waals surface area contributed by atoms with Crippen LogP contribution in [0.2, 0.25) is 0 Å². The number of likely N-dealkylation sites (tertiary alicyclic amines) is 1. The summed E-state index contributed by atoms with van der Waals surface area (Å²) in [4.78, 5) is 14.5. The predicted octanol–water partition coefficient (Wildman–Crippen LogP) is 2.47. The van der Waals surface area contributed by atoms with Crippen LogP contribution in [0.1, 0.15) is 40.2 Å². The number of aryl methyl sites for hydroxylation is 2. The second-order valence-electron chi connectivity index (χ2n) is 6.11. The van der Waals surface area contributed by atoms with Crippen molar-refractivity contribution in [2.24, 2.45) is 0 Å². The second kappa shape index (κ2) is 7.05. The normalized spacial score (nSPS) is 15.5. The molecule has 0 atom stereocenters. The van der Waals surface area contributed by atoms with Gasteiger partial charge in [-0.05, 0) is 38.8 Å². The molecule has 0 radical (unpaired) electrons. The van der Waals surface area contributed by atoms with Gasteiger partial charge in [0.15, 0.2) is 0 Å². The highest BCUT2D eigenvalue weighted by atomic mass is 16.5. The maximum Gasteiger partial charge on any atom is 0.257 e. The van der Waals surface area contributed by atoms with Gasteiger partial charge in [0, 0.05) is 13.1 Å². The van der Waals surface area contributed by atoms with E-state index in [2.05, 4.69) is 5.16 Å². The Hall–Kier alpha value is -2.34. The summed E-state index contributed by atoms with van der Waals surface area (Å²) in [5.41, 5.74) is 2.24. The van der Waals surface area contributed by atoms with Crippen molar-refractivity contribution in [3.05, 3.63) is 46.8 Å². The van der Waals surface area contributed by atoms with Crippen molar-refractivity contribution in [1.29, 1.82) is 0 Å². The molecule has 0 unspecified atom stereocenters. The molecule has 1 aromatic heterocycles. The summed E-state index contributed by atoms with van der Waals surface area (Å²) < 4.78 is 11.0. The van der Waals surface area contributed by atoms with E-state index in [0.29, 0.717) is 43.9 Å². The van der Waals surface area contributed by atoms with Gasteiger partial charge in [-0.1, -0.05) is 17.3 Å². The van der Waals surface area contributed by atoms with Crippen molar-refractivity contribution in [1.82, 2.24) is 10.1 Å². The SMILES string of the molecule is Cc1noc(C)c1COc1ccccc1C(=O)N1CCC(O)CC1. The topological polar surface area (TPSA) is 75.8 Å². The first kappa shape index (κ1) is 16.5. The van der Waals surface area contributed by atoms with Crippen molar-refractivity contribution in [2.45, 2.75) is 39.4 Å². The molecule has 1 fully saturated rings. The summed E-state index contributed by atoms with van der Waals surface area (Å²) >= 11 is 0. The van der Waals surface area contributed by atoms with Crippen LogP contribution in [0.15, 0.2) is 28.8 Å². The molecule has 0 saturated carbocycles. The lowest BCUT2D eigenvalue weighted by Crippen LogP contribution is -2.40. The van der Waals surface area contributed by atoms with Gasteiger partial charge in [0.2, 0.25) is 0 Å². The van der Waals surface area contributed by atoms with E-state index >= 15 is 0 Å². The van der Waals surface area contributed by atoms with Crippen molar-refractivity contribution < 1.29 is 19.2 Å². The summed E-state index contributed by atoms with van der Waals surface area (Å²) in [6.07, 6.45) is 0.932. The molecule has 2 aromatic rings. The summed E-state index contributed by atoms with van der Waals surface area (Å²) in [5.74, 6) is 1.21. The fourth-order valence-electron chi connectivity index (χ4n) is 2.87. The summed E-state index contributed by atoms with van der Waals surface area (Å²) in [6.45, 7) is 5.15. The van der Waals surface area contributed by atoms with Gasteiger partial charge in [-0.2, -0.15) is 0 Å². The molecule has 6 heteroatoms. The lowest BCUT2D eigenvalue weighted by Gasteiger charge is -2.30. The fraction of sp³-hybridized carbons (Fsp3) is 0.444. The molecule has 2 heterocycles. The third-order valence-corrected chi connectivity index (χ3v) is 4.42. The Bertz CT molecular complexity index is 698. The second-order valence-corrected chi connectivity index (χ2v) is 6.11. The average Bonchev–Trinajstić information content (AvgIpc) is 2.91. The summed E-state index contributed by atoms with van der Waals surface area (Å²) in [6, 6.07) is 7.24. The minimum Gasteiger partial charge on any atom is -0.488 e. The Labute approximate surface area is 141 Å². The highest BCUT2D eigenvalue weighted by Gasteiger charge is 2.24. The highest BCUT2D eigenvalue weighted by Crippen LogP contribution is 2.24. The molecule has 0 aliphatic carbocycles. The first-order valence-electron chi connectivity index (χ1n) is 8.17. The monoisotopic (exact) mass is 330 g/mol. The molecule has 24 heavy (non-hydrogen) atoms. The fourth-order valence-corrected chi connectivity index (χ4v) is 2.87. The lowest BCUT2D eigenvalue weighted by molar-refractivity contribution is 0.0543. The molecule has 1 aliphatic rings. The van der Waals surface area contributed by atoms with E-state index < -0.39 is 0 Å². The number of piperidine rings is 1. The molecule has 1 saturated heterocycles. The summed E-state index contributed by atoms with van der Waals surface area (Å²) in [5, 5.41) is 13.5. The molecular formula is C18H22N2O4. The zero-order chi connectivity index (χ0) is 17.1. The molecule has 1 N–H and O–H groups in total. The summed E-state index contributed by atoms with van der Waals surface area (Å²) in [7, 11) is 0. The molecule has 0 bridgehead atoms. The molecule has 3 rings (SSSR count). The maximum absolute atomic E-state index is 12.8. The van der Waals surface area contributed by atoms with Crippen LogP contribution >= 0.6 is 0 Å². The van der Waals surface area contributed by atoms with E-state index in [0.717, 1.165) is 17.0 Å². The van der Waals surface area contributed by atoms with Crippen LogP contribution in [0.3, 0.4) is 0 Å². The number of aromatic nitrogens is 1. The first-order valence-corrected chi connectivity index (χ1v) is 8.17. The van der Waals surface area contributed by atoms with Crippen molar-refractivity contribution in [3.63, 3.8) is 0 Å². The molecule has 1 amide bonds. The molecular weight excluding hydrogens is 308 g/mol. The first-order chi connectivity index (χ1) is 11.6. The van der Waals surface area contributed by atoms with Crippen LogP contribution in [0.4, 0.5) is 0 Å².